The van der Waals surface area contributed by atoms with Crippen LogP contribution in [0.15, 0.2) is 59.5 Å². The van der Waals surface area contributed by atoms with Crippen molar-refractivity contribution >= 4 is 34.1 Å². The standard InChI is InChI=1S/C34H36N4O7/c1-18(34(41)38-22-13-20-7-9-23(42-3)15-28(20)35-17-22)36-27-12-10-24-25(16-29(27)40)26(37-19(2)39)11-8-21-14-30(43-4)32(44-5)33(45-6)31(21)24/h7,9-10,12-18,26H,8,11H2,1-6H3,(H,36,40)(H,37,39)(H,38,41)/t18-,26+/m0/s1. The van der Waals surface area contributed by atoms with Crippen molar-refractivity contribution in [3.05, 3.63) is 76.1 Å². The maximum absolute atomic E-state index is 13.6. The van der Waals surface area contributed by atoms with Crippen LogP contribution in [-0.4, -0.2) is 51.3 Å². The largest absolute Gasteiger partial charge is 0.497 e. The summed E-state index contributed by atoms with van der Waals surface area (Å²) in [5.74, 6) is 1.51. The van der Waals surface area contributed by atoms with Gasteiger partial charge in [0.2, 0.25) is 23.0 Å². The normalized spacial score (nSPS) is 14.2. The number of nitrogens with one attached hydrogen (secondary N) is 3. The van der Waals surface area contributed by atoms with E-state index in [9.17, 15) is 14.4 Å². The van der Waals surface area contributed by atoms with E-state index in [1.165, 1.54) is 20.1 Å². The second-order valence-corrected chi connectivity index (χ2v) is 10.7. The molecule has 11 heteroatoms. The van der Waals surface area contributed by atoms with Gasteiger partial charge >= 0.3 is 0 Å². The van der Waals surface area contributed by atoms with Gasteiger partial charge in [-0.25, -0.2) is 0 Å². The first-order chi connectivity index (χ1) is 21.7. The van der Waals surface area contributed by atoms with Gasteiger partial charge in [-0.2, -0.15) is 0 Å². The number of benzene rings is 2. The van der Waals surface area contributed by atoms with Gasteiger partial charge in [-0.3, -0.25) is 19.4 Å². The molecule has 1 aliphatic rings. The number of hydrogen-bond donors (Lipinski definition) is 3. The van der Waals surface area contributed by atoms with E-state index in [1.807, 2.05) is 30.3 Å². The molecule has 0 unspecified atom stereocenters. The number of methoxy groups -OCH3 is 4. The number of amides is 2. The molecule has 2 atom stereocenters. The maximum Gasteiger partial charge on any atom is 0.246 e. The van der Waals surface area contributed by atoms with Gasteiger partial charge in [-0.1, -0.05) is 6.07 Å². The lowest BCUT2D eigenvalue weighted by molar-refractivity contribution is -0.119. The lowest BCUT2D eigenvalue weighted by Gasteiger charge is -2.19. The van der Waals surface area contributed by atoms with Crippen LogP contribution in [0, 0.1) is 0 Å². The van der Waals surface area contributed by atoms with Gasteiger partial charge in [-0.15, -0.1) is 0 Å². The number of aryl methyl sites for hydroxylation is 1. The van der Waals surface area contributed by atoms with Gasteiger partial charge in [0.15, 0.2) is 11.5 Å². The van der Waals surface area contributed by atoms with E-state index in [4.69, 9.17) is 18.9 Å². The van der Waals surface area contributed by atoms with Crippen molar-refractivity contribution in [2.45, 2.75) is 38.8 Å². The lowest BCUT2D eigenvalue weighted by Crippen LogP contribution is -2.33. The number of ether oxygens (including phenoxy) is 4. The van der Waals surface area contributed by atoms with Crippen LogP contribution < -0.4 is 40.3 Å². The third-order valence-corrected chi connectivity index (χ3v) is 7.84. The molecule has 234 valence electrons. The zero-order chi connectivity index (χ0) is 32.2. The molecule has 5 rings (SSSR count). The summed E-state index contributed by atoms with van der Waals surface area (Å²) in [6, 6.07) is 13.0. The fourth-order valence-electron chi connectivity index (χ4n) is 5.67. The smallest absolute Gasteiger partial charge is 0.246 e. The van der Waals surface area contributed by atoms with Crippen molar-refractivity contribution in [2.75, 3.05) is 39.1 Å². The van der Waals surface area contributed by atoms with Crippen molar-refractivity contribution in [1.82, 2.24) is 10.3 Å². The summed E-state index contributed by atoms with van der Waals surface area (Å²) in [6.07, 6.45) is 2.69. The molecular weight excluding hydrogens is 576 g/mol. The summed E-state index contributed by atoms with van der Waals surface area (Å²) in [5.41, 5.74) is 4.12. The van der Waals surface area contributed by atoms with E-state index in [-0.39, 0.29) is 22.9 Å². The van der Waals surface area contributed by atoms with Crippen molar-refractivity contribution in [2.24, 2.45) is 0 Å². The van der Waals surface area contributed by atoms with Crippen LogP contribution in [0.4, 0.5) is 11.4 Å². The van der Waals surface area contributed by atoms with Gasteiger partial charge in [0.25, 0.3) is 0 Å². The summed E-state index contributed by atoms with van der Waals surface area (Å²) in [6.45, 7) is 3.11. The zero-order valence-corrected chi connectivity index (χ0v) is 26.1. The third-order valence-electron chi connectivity index (χ3n) is 7.84. The first-order valence-corrected chi connectivity index (χ1v) is 14.5. The number of anilines is 2. The predicted molar refractivity (Wildman–Crippen MR) is 173 cm³/mol. The molecule has 0 saturated heterocycles. The summed E-state index contributed by atoms with van der Waals surface area (Å²) in [4.78, 5) is 43.5. The topological polar surface area (TPSA) is 137 Å². The Bertz CT molecular complexity index is 1840. The van der Waals surface area contributed by atoms with Crippen LogP contribution in [-0.2, 0) is 16.0 Å². The van der Waals surface area contributed by atoms with Gasteiger partial charge in [-0.05, 0) is 72.9 Å². The van der Waals surface area contributed by atoms with Crippen LogP contribution in [0.2, 0.25) is 0 Å². The minimum atomic E-state index is -0.774. The molecule has 11 nitrogen and oxygen atoms in total. The van der Waals surface area contributed by atoms with E-state index in [0.717, 1.165) is 22.0 Å². The molecule has 45 heavy (non-hydrogen) atoms. The summed E-state index contributed by atoms with van der Waals surface area (Å²) >= 11 is 0. The molecule has 1 aromatic heterocycles. The van der Waals surface area contributed by atoms with Crippen LogP contribution in [0.3, 0.4) is 0 Å². The molecule has 0 radical (unpaired) electrons. The Morgan fingerprint density at radius 1 is 0.933 bits per heavy atom. The highest BCUT2D eigenvalue weighted by molar-refractivity contribution is 5.97. The molecule has 0 saturated carbocycles. The zero-order valence-electron chi connectivity index (χ0n) is 26.1. The van der Waals surface area contributed by atoms with Gasteiger partial charge < -0.3 is 34.9 Å². The van der Waals surface area contributed by atoms with E-state index < -0.39 is 12.1 Å². The Labute approximate surface area is 260 Å². The molecule has 2 amide bonds. The molecule has 4 aromatic rings. The second-order valence-electron chi connectivity index (χ2n) is 10.7. The Hall–Kier alpha value is -5.32. The number of hydrogen-bond acceptors (Lipinski definition) is 9. The van der Waals surface area contributed by atoms with Crippen molar-refractivity contribution in [1.29, 1.82) is 0 Å². The van der Waals surface area contributed by atoms with E-state index in [0.29, 0.717) is 52.7 Å². The molecule has 1 aliphatic carbocycles. The number of aromatic nitrogens is 1. The molecule has 1 heterocycles. The Morgan fingerprint density at radius 2 is 1.71 bits per heavy atom. The molecular formula is C34H36N4O7. The average molecular weight is 613 g/mol. The van der Waals surface area contributed by atoms with Crippen LogP contribution in [0.5, 0.6) is 23.0 Å². The SMILES string of the molecule is COc1ccc2cc(NC(=O)[C@H](C)Nc3ccc4c(cc3=O)[C@H](NC(C)=O)CCc3cc(OC)c(OC)c(OC)c3-4)cnc2c1. The van der Waals surface area contributed by atoms with Crippen molar-refractivity contribution in [3.8, 4) is 34.1 Å². The maximum atomic E-state index is 13.6. The van der Waals surface area contributed by atoms with Crippen molar-refractivity contribution in [3.63, 3.8) is 0 Å². The third kappa shape index (κ3) is 6.33. The van der Waals surface area contributed by atoms with E-state index in [2.05, 4.69) is 20.9 Å². The minimum absolute atomic E-state index is 0.219. The fourth-order valence-corrected chi connectivity index (χ4v) is 5.67. The lowest BCUT2D eigenvalue weighted by atomic mass is 9.95. The molecule has 3 N–H and O–H groups in total. The average Bonchev–Trinajstić information content (AvgIpc) is 3.27. The number of rotatable bonds is 9. The first kappa shape index (κ1) is 31.1. The fraction of sp³-hybridized carbons (Fsp3) is 0.294. The van der Waals surface area contributed by atoms with Gasteiger partial charge in [0.05, 0.1) is 57.6 Å². The Morgan fingerprint density at radius 3 is 2.40 bits per heavy atom. The van der Waals surface area contributed by atoms with E-state index >= 15 is 0 Å². The van der Waals surface area contributed by atoms with Crippen LogP contribution in [0.1, 0.15) is 37.4 Å². The number of carbonyl (C=O) groups excluding carboxylic acids is 2. The number of nitrogens with zero attached hydrogens (tertiary/aromatic N) is 1. The Kier molecular flexibility index (Phi) is 9.08. The number of pyridine rings is 1. The highest BCUT2D eigenvalue weighted by Crippen LogP contribution is 2.50. The second kappa shape index (κ2) is 13.1. The Balaban J connectivity index is 1.50. The summed E-state index contributed by atoms with van der Waals surface area (Å²) in [5, 5.41) is 9.77. The van der Waals surface area contributed by atoms with Crippen LogP contribution in [0.25, 0.3) is 22.0 Å². The van der Waals surface area contributed by atoms with Gasteiger partial charge in [0.1, 0.15) is 11.8 Å². The molecule has 0 fully saturated rings. The molecule has 0 bridgehead atoms. The first-order valence-electron chi connectivity index (χ1n) is 14.5. The van der Waals surface area contributed by atoms with Crippen molar-refractivity contribution < 1.29 is 28.5 Å². The number of fused-ring (bicyclic) bond motifs is 4. The van der Waals surface area contributed by atoms with Gasteiger partial charge in [0, 0.05) is 23.9 Å². The molecule has 0 spiro atoms. The predicted octanol–water partition coefficient (Wildman–Crippen LogP) is 4.86. The minimum Gasteiger partial charge on any atom is -0.497 e. The van der Waals surface area contributed by atoms with Crippen LogP contribution >= 0.6 is 0 Å². The summed E-state index contributed by atoms with van der Waals surface area (Å²) in [7, 11) is 6.23. The molecule has 3 aromatic carbocycles. The highest BCUT2D eigenvalue weighted by Gasteiger charge is 2.29. The number of carbonyl (C=O) groups is 2. The van der Waals surface area contributed by atoms with E-state index in [1.54, 1.807) is 46.6 Å². The highest BCUT2D eigenvalue weighted by atomic mass is 16.5. The summed E-state index contributed by atoms with van der Waals surface area (Å²) < 4.78 is 22.3. The quantitative estimate of drug-likeness (QED) is 0.242. The molecule has 0 aliphatic heterocycles. The monoisotopic (exact) mass is 612 g/mol.